The fraction of sp³-hybridized carbons (Fsp3) is 0.121. The smallest absolute Gasteiger partial charge is 0.145 e. The SMILES string of the molecule is CC(C)(C)c1cc(-c2ccc(-c3ccccc3-c3cc(-c4ccccc4-c4ccc(-c5cc(C(C)(C)C)ncn5)cc4)cc(-c4ccccc4-c4ccc5c(c4)c4nccn4c4cccnc54)c3)cc2)ncn1. The Kier molecular flexibility index (Phi) is 11.2. The zero-order valence-corrected chi connectivity index (χ0v) is 41.8. The van der Waals surface area contributed by atoms with Crippen molar-refractivity contribution in [3.05, 3.63) is 225 Å². The lowest BCUT2D eigenvalue weighted by molar-refractivity contribution is 0.567. The molecule has 73 heavy (non-hydrogen) atoms. The minimum Gasteiger partial charge on any atom is -0.298 e. The molecule has 12 rings (SSSR count). The van der Waals surface area contributed by atoms with Crippen LogP contribution in [0.15, 0.2) is 213 Å². The van der Waals surface area contributed by atoms with Gasteiger partial charge in [0.25, 0.3) is 0 Å². The molecule has 0 aliphatic carbocycles. The van der Waals surface area contributed by atoms with E-state index in [1.807, 2.05) is 24.7 Å². The highest BCUT2D eigenvalue weighted by Gasteiger charge is 2.21. The highest BCUT2D eigenvalue weighted by molar-refractivity contribution is 6.11. The molecule has 7 aromatic carbocycles. The van der Waals surface area contributed by atoms with E-state index in [2.05, 4.69) is 242 Å². The number of nitrogens with zero attached hydrogens (tertiary/aromatic N) is 7. The van der Waals surface area contributed by atoms with Gasteiger partial charge in [0.2, 0.25) is 0 Å². The summed E-state index contributed by atoms with van der Waals surface area (Å²) >= 11 is 0. The van der Waals surface area contributed by atoms with E-state index in [1.54, 1.807) is 12.7 Å². The molecule has 5 heterocycles. The molecule has 0 saturated heterocycles. The van der Waals surface area contributed by atoms with Gasteiger partial charge in [0, 0.05) is 62.7 Å². The predicted octanol–water partition coefficient (Wildman–Crippen LogP) is 16.5. The minimum absolute atomic E-state index is 0.0832. The van der Waals surface area contributed by atoms with Crippen LogP contribution in [0.1, 0.15) is 52.9 Å². The average molecular weight is 944 g/mol. The average Bonchev–Trinajstić information content (AvgIpc) is 3.94. The van der Waals surface area contributed by atoms with Crippen molar-refractivity contribution in [1.82, 2.24) is 34.3 Å². The van der Waals surface area contributed by atoms with Gasteiger partial charge >= 0.3 is 0 Å². The Hall–Kier alpha value is -8.94. The first-order valence-corrected chi connectivity index (χ1v) is 24.9. The summed E-state index contributed by atoms with van der Waals surface area (Å²) in [6, 6.07) is 65.9. The molecule has 0 aliphatic heterocycles. The highest BCUT2D eigenvalue weighted by Crippen LogP contribution is 2.43. The van der Waals surface area contributed by atoms with Gasteiger partial charge in [-0.15, -0.1) is 0 Å². The van der Waals surface area contributed by atoms with Gasteiger partial charge in [-0.3, -0.25) is 9.38 Å². The second-order valence-electron chi connectivity index (χ2n) is 20.9. The quantitative estimate of drug-likeness (QED) is 0.141. The molecule has 0 saturated carbocycles. The number of hydrogen-bond acceptors (Lipinski definition) is 6. The van der Waals surface area contributed by atoms with E-state index in [4.69, 9.17) is 9.97 Å². The topological polar surface area (TPSA) is 81.8 Å². The van der Waals surface area contributed by atoms with Crippen LogP contribution in [0.4, 0.5) is 0 Å². The Balaban J connectivity index is 1.01. The van der Waals surface area contributed by atoms with E-state index in [-0.39, 0.29) is 10.8 Å². The van der Waals surface area contributed by atoms with Crippen LogP contribution in [0.25, 0.3) is 117 Å². The summed E-state index contributed by atoms with van der Waals surface area (Å²) < 4.78 is 2.14. The van der Waals surface area contributed by atoms with Crippen LogP contribution in [0, 0.1) is 0 Å². The second kappa shape index (κ2) is 18.0. The Morgan fingerprint density at radius 3 is 1.22 bits per heavy atom. The van der Waals surface area contributed by atoms with Crippen molar-refractivity contribution in [1.29, 1.82) is 0 Å². The van der Waals surface area contributed by atoms with Gasteiger partial charge < -0.3 is 0 Å². The van der Waals surface area contributed by atoms with Gasteiger partial charge in [0.1, 0.15) is 18.3 Å². The Morgan fingerprint density at radius 1 is 0.329 bits per heavy atom. The molecular formula is C66H53N7. The number of rotatable bonds is 8. The van der Waals surface area contributed by atoms with Crippen molar-refractivity contribution in [2.24, 2.45) is 0 Å². The molecule has 0 atom stereocenters. The fourth-order valence-electron chi connectivity index (χ4n) is 10.1. The van der Waals surface area contributed by atoms with Crippen LogP contribution < -0.4 is 0 Å². The molecule has 0 N–H and O–H groups in total. The molecule has 0 radical (unpaired) electrons. The minimum atomic E-state index is -0.0832. The highest BCUT2D eigenvalue weighted by atomic mass is 15.0. The summed E-state index contributed by atoms with van der Waals surface area (Å²) in [5.74, 6) is 0. The van der Waals surface area contributed by atoms with E-state index < -0.39 is 0 Å². The number of hydrogen-bond donors (Lipinski definition) is 0. The number of aromatic nitrogens is 7. The maximum atomic E-state index is 4.86. The summed E-state index contributed by atoms with van der Waals surface area (Å²) in [7, 11) is 0. The molecule has 0 fully saturated rings. The summed E-state index contributed by atoms with van der Waals surface area (Å²) in [5, 5.41) is 2.13. The van der Waals surface area contributed by atoms with Gasteiger partial charge in [-0.1, -0.05) is 175 Å². The van der Waals surface area contributed by atoms with Gasteiger partial charge in [0.05, 0.1) is 22.4 Å². The van der Waals surface area contributed by atoms with Crippen LogP contribution in [0.2, 0.25) is 0 Å². The molecule has 0 unspecified atom stereocenters. The molecule has 0 amide bonds. The van der Waals surface area contributed by atoms with E-state index in [0.29, 0.717) is 0 Å². The summed E-state index contributed by atoms with van der Waals surface area (Å²) in [6.45, 7) is 13.1. The first-order chi connectivity index (χ1) is 35.4. The molecule has 7 nitrogen and oxygen atoms in total. The third-order valence-electron chi connectivity index (χ3n) is 14.0. The maximum absolute atomic E-state index is 4.86. The molecule has 0 bridgehead atoms. The van der Waals surface area contributed by atoms with Crippen molar-refractivity contribution in [3.63, 3.8) is 0 Å². The van der Waals surface area contributed by atoms with Crippen LogP contribution in [-0.4, -0.2) is 34.3 Å². The van der Waals surface area contributed by atoms with E-state index in [1.165, 1.54) is 0 Å². The largest absolute Gasteiger partial charge is 0.298 e. The van der Waals surface area contributed by atoms with Crippen LogP contribution in [0.5, 0.6) is 0 Å². The molecule has 0 spiro atoms. The van der Waals surface area contributed by atoms with Crippen molar-refractivity contribution in [2.45, 2.75) is 52.4 Å². The third kappa shape index (κ3) is 8.53. The van der Waals surface area contributed by atoms with Gasteiger partial charge in [-0.25, -0.2) is 24.9 Å². The van der Waals surface area contributed by atoms with E-state index in [9.17, 15) is 0 Å². The van der Waals surface area contributed by atoms with Gasteiger partial charge in [-0.05, 0) is 115 Å². The lowest BCUT2D eigenvalue weighted by Gasteiger charge is -2.19. The number of benzene rings is 7. The van der Waals surface area contributed by atoms with Crippen LogP contribution in [-0.2, 0) is 10.8 Å². The molecule has 352 valence electrons. The Morgan fingerprint density at radius 2 is 0.753 bits per heavy atom. The molecule has 7 heteroatoms. The number of imidazole rings is 1. The van der Waals surface area contributed by atoms with Crippen LogP contribution in [0.3, 0.4) is 0 Å². The van der Waals surface area contributed by atoms with Gasteiger partial charge in [-0.2, -0.15) is 0 Å². The molecular weight excluding hydrogens is 891 g/mol. The summed E-state index contributed by atoms with van der Waals surface area (Å²) in [6.07, 6.45) is 9.11. The third-order valence-corrected chi connectivity index (χ3v) is 14.0. The van der Waals surface area contributed by atoms with Crippen molar-refractivity contribution >= 4 is 27.5 Å². The van der Waals surface area contributed by atoms with Gasteiger partial charge in [0.15, 0.2) is 0 Å². The molecule has 12 aromatic rings. The number of fused-ring (bicyclic) bond motifs is 6. The second-order valence-corrected chi connectivity index (χ2v) is 20.9. The molecule has 5 aromatic heterocycles. The normalized spacial score (nSPS) is 12.0. The summed E-state index contributed by atoms with van der Waals surface area (Å²) in [5.41, 5.74) is 22.2. The van der Waals surface area contributed by atoms with Crippen molar-refractivity contribution in [3.8, 4) is 89.3 Å². The van der Waals surface area contributed by atoms with Crippen LogP contribution >= 0.6 is 0 Å². The Bertz CT molecular complexity index is 3880. The predicted molar refractivity (Wildman–Crippen MR) is 300 cm³/mol. The van der Waals surface area contributed by atoms with E-state index in [0.717, 1.165) is 128 Å². The maximum Gasteiger partial charge on any atom is 0.145 e. The number of pyridine rings is 2. The lowest BCUT2D eigenvalue weighted by atomic mass is 9.86. The zero-order chi connectivity index (χ0) is 49.8. The standard InChI is InChI=1S/C66H53N7/c1-65(2,3)61-38-58(69-40-71-61)44-25-21-42(22-26-44)50-14-7-10-17-53(50)47-34-48(54-18-11-8-15-51(54)43-23-27-45(28-24-43)59-39-62(66(4,5)6)72-41-70-59)36-49(35-47)55-19-12-9-16-52(55)46-29-30-56-57(37-46)64-68-32-33-73(64)60-20-13-31-67-63(56)60/h7-41H,1-6H3. The zero-order valence-electron chi connectivity index (χ0n) is 41.8. The fourth-order valence-corrected chi connectivity index (χ4v) is 10.1. The van der Waals surface area contributed by atoms with Crippen molar-refractivity contribution < 1.29 is 0 Å². The molecule has 0 aliphatic rings. The van der Waals surface area contributed by atoms with E-state index >= 15 is 0 Å². The lowest BCUT2D eigenvalue weighted by Crippen LogP contribution is -2.13. The monoisotopic (exact) mass is 943 g/mol. The first-order valence-electron chi connectivity index (χ1n) is 24.9. The summed E-state index contributed by atoms with van der Waals surface area (Å²) in [4.78, 5) is 28.2. The van der Waals surface area contributed by atoms with Crippen molar-refractivity contribution in [2.75, 3.05) is 0 Å². The Labute approximate surface area is 426 Å². The first kappa shape index (κ1) is 45.2.